The number of aryl methyl sites for hydroxylation is 1. The average Bonchev–Trinajstić information content (AvgIpc) is 2.45. The van der Waals surface area contributed by atoms with Gasteiger partial charge in [0.1, 0.15) is 5.69 Å². The summed E-state index contributed by atoms with van der Waals surface area (Å²) in [5.74, 6) is 0. The number of aromatic nitrogens is 3. The maximum atomic E-state index is 4.34. The van der Waals surface area contributed by atoms with Crippen LogP contribution in [0, 0.1) is 6.92 Å². The van der Waals surface area contributed by atoms with Crippen LogP contribution in [0.4, 0.5) is 5.69 Å². The van der Waals surface area contributed by atoms with Crippen LogP contribution < -0.4 is 5.43 Å². The van der Waals surface area contributed by atoms with Crippen molar-refractivity contribution in [3.63, 3.8) is 0 Å². The molecule has 1 aromatic heterocycles. The van der Waals surface area contributed by atoms with Crippen LogP contribution in [0.15, 0.2) is 40.7 Å². The van der Waals surface area contributed by atoms with Crippen LogP contribution in [0.25, 0.3) is 0 Å². The molecule has 0 saturated heterocycles. The smallest absolute Gasteiger partial charge is 0.209 e. The lowest BCUT2D eigenvalue weighted by atomic mass is 10.2. The molecule has 2 rings (SSSR count). The van der Waals surface area contributed by atoms with Crippen molar-refractivity contribution in [3.8, 4) is 0 Å². The van der Waals surface area contributed by atoms with Crippen LogP contribution in [0.5, 0.6) is 0 Å². The number of nitrogens with one attached hydrogen (secondary N) is 1. The van der Waals surface area contributed by atoms with Gasteiger partial charge in [-0.2, -0.15) is 10.2 Å². The number of nitrogens with zero attached hydrogens (tertiary/aromatic N) is 4. The summed E-state index contributed by atoms with van der Waals surface area (Å²) in [6.07, 6.45) is 3.52. The van der Waals surface area contributed by atoms with E-state index in [0.29, 0.717) is 5.16 Å². The van der Waals surface area contributed by atoms with Crippen molar-refractivity contribution in [2.45, 2.75) is 19.0 Å². The van der Waals surface area contributed by atoms with E-state index in [9.17, 15) is 0 Å². The Morgan fingerprint density at radius 3 is 2.95 bits per heavy atom. The van der Waals surface area contributed by atoms with E-state index in [4.69, 9.17) is 0 Å². The molecular formula is C13H15N5S. The molecule has 0 bridgehead atoms. The van der Waals surface area contributed by atoms with Gasteiger partial charge in [0.25, 0.3) is 0 Å². The molecule has 19 heavy (non-hydrogen) atoms. The van der Waals surface area contributed by atoms with Gasteiger partial charge in [-0.3, -0.25) is 5.43 Å². The second-order valence-corrected chi connectivity index (χ2v) is 4.78. The Bertz CT molecular complexity index is 597. The van der Waals surface area contributed by atoms with Crippen LogP contribution in [-0.2, 0) is 0 Å². The third kappa shape index (κ3) is 3.75. The van der Waals surface area contributed by atoms with Gasteiger partial charge in [-0.25, -0.2) is 4.98 Å². The van der Waals surface area contributed by atoms with Gasteiger partial charge in [-0.1, -0.05) is 23.9 Å². The topological polar surface area (TPSA) is 63.1 Å². The van der Waals surface area contributed by atoms with Gasteiger partial charge in [-0.05, 0) is 37.8 Å². The Labute approximate surface area is 116 Å². The molecule has 0 saturated carbocycles. The van der Waals surface area contributed by atoms with E-state index in [1.165, 1.54) is 17.3 Å². The SMILES string of the molecule is CSc1nncc(C(C)=NNc2cccc(C)c2)n1. The molecule has 2 aromatic rings. The molecule has 0 spiro atoms. The number of rotatable bonds is 4. The number of hydrogen-bond donors (Lipinski definition) is 1. The summed E-state index contributed by atoms with van der Waals surface area (Å²) < 4.78 is 0. The van der Waals surface area contributed by atoms with Gasteiger partial charge < -0.3 is 0 Å². The molecule has 1 N–H and O–H groups in total. The number of benzene rings is 1. The monoisotopic (exact) mass is 273 g/mol. The fourth-order valence-electron chi connectivity index (χ4n) is 1.47. The average molecular weight is 273 g/mol. The van der Waals surface area contributed by atoms with Crippen molar-refractivity contribution >= 4 is 23.2 Å². The quantitative estimate of drug-likeness (QED) is 0.527. The molecule has 5 nitrogen and oxygen atoms in total. The first-order valence-electron chi connectivity index (χ1n) is 5.80. The largest absolute Gasteiger partial charge is 0.278 e. The zero-order valence-electron chi connectivity index (χ0n) is 11.1. The van der Waals surface area contributed by atoms with Gasteiger partial charge >= 0.3 is 0 Å². The molecule has 0 unspecified atom stereocenters. The Morgan fingerprint density at radius 1 is 1.37 bits per heavy atom. The van der Waals surface area contributed by atoms with Crippen LogP contribution in [0.1, 0.15) is 18.2 Å². The second-order valence-electron chi connectivity index (χ2n) is 4.01. The van der Waals surface area contributed by atoms with E-state index in [2.05, 4.69) is 25.7 Å². The summed E-state index contributed by atoms with van der Waals surface area (Å²) in [6.45, 7) is 3.93. The third-order valence-corrected chi connectivity index (χ3v) is 3.00. The molecule has 0 atom stereocenters. The van der Waals surface area contributed by atoms with Crippen LogP contribution in [0.3, 0.4) is 0 Å². The van der Waals surface area contributed by atoms with Gasteiger partial charge in [0.15, 0.2) is 0 Å². The molecule has 1 aromatic carbocycles. The number of thioether (sulfide) groups is 1. The van der Waals surface area contributed by atoms with Gasteiger partial charge in [0.2, 0.25) is 5.16 Å². The Hall–Kier alpha value is -1.95. The summed E-state index contributed by atoms with van der Waals surface area (Å²) in [7, 11) is 0. The highest BCUT2D eigenvalue weighted by molar-refractivity contribution is 7.98. The Kier molecular flexibility index (Phi) is 4.46. The first-order valence-corrected chi connectivity index (χ1v) is 7.02. The zero-order chi connectivity index (χ0) is 13.7. The maximum absolute atomic E-state index is 4.34. The lowest BCUT2D eigenvalue weighted by molar-refractivity contribution is 0.833. The van der Waals surface area contributed by atoms with Crippen molar-refractivity contribution in [3.05, 3.63) is 41.7 Å². The molecule has 1 heterocycles. The minimum atomic E-state index is 0.641. The fraction of sp³-hybridized carbons (Fsp3) is 0.231. The molecule has 0 aliphatic carbocycles. The summed E-state index contributed by atoms with van der Waals surface area (Å²) in [5, 5.41) is 12.7. The summed E-state index contributed by atoms with van der Waals surface area (Å²) >= 11 is 1.46. The highest BCUT2D eigenvalue weighted by Gasteiger charge is 2.02. The minimum absolute atomic E-state index is 0.641. The fourth-order valence-corrected chi connectivity index (χ4v) is 1.79. The molecule has 0 fully saturated rings. The van der Waals surface area contributed by atoms with Crippen molar-refractivity contribution in [1.82, 2.24) is 15.2 Å². The van der Waals surface area contributed by atoms with Crippen molar-refractivity contribution in [2.24, 2.45) is 5.10 Å². The normalized spacial score (nSPS) is 11.4. The van der Waals surface area contributed by atoms with E-state index in [0.717, 1.165) is 17.1 Å². The number of hydrogen-bond acceptors (Lipinski definition) is 6. The summed E-state index contributed by atoms with van der Waals surface area (Å²) in [5.41, 5.74) is 6.64. The highest BCUT2D eigenvalue weighted by atomic mass is 32.2. The molecule has 98 valence electrons. The lowest BCUT2D eigenvalue weighted by Gasteiger charge is -2.04. The summed E-state index contributed by atoms with van der Waals surface area (Å²) in [6, 6.07) is 8.03. The van der Waals surface area contributed by atoms with Crippen LogP contribution >= 0.6 is 11.8 Å². The zero-order valence-corrected chi connectivity index (χ0v) is 11.9. The Morgan fingerprint density at radius 2 is 2.21 bits per heavy atom. The van der Waals surface area contributed by atoms with Crippen molar-refractivity contribution < 1.29 is 0 Å². The molecular weight excluding hydrogens is 258 g/mol. The summed E-state index contributed by atoms with van der Waals surface area (Å²) in [4.78, 5) is 4.34. The minimum Gasteiger partial charge on any atom is -0.278 e. The third-order valence-electron chi connectivity index (χ3n) is 2.46. The number of hydrazone groups is 1. The van der Waals surface area contributed by atoms with E-state index < -0.39 is 0 Å². The standard InChI is InChI=1S/C13H15N5S/c1-9-5-4-6-11(7-9)17-16-10(2)12-8-14-18-13(15-12)19-3/h4-8,17H,1-3H3. The molecule has 6 heteroatoms. The molecule has 0 amide bonds. The van der Waals surface area contributed by atoms with E-state index >= 15 is 0 Å². The predicted octanol–water partition coefficient (Wildman–Crippen LogP) is 2.74. The highest BCUT2D eigenvalue weighted by Crippen LogP contribution is 2.10. The van der Waals surface area contributed by atoms with Crippen molar-refractivity contribution in [1.29, 1.82) is 0 Å². The first kappa shape index (κ1) is 13.5. The van der Waals surface area contributed by atoms with Crippen LogP contribution in [0.2, 0.25) is 0 Å². The van der Waals surface area contributed by atoms with Crippen molar-refractivity contribution in [2.75, 3.05) is 11.7 Å². The lowest BCUT2D eigenvalue weighted by Crippen LogP contribution is -2.05. The maximum Gasteiger partial charge on any atom is 0.209 e. The molecule has 0 radical (unpaired) electrons. The van der Waals surface area contributed by atoms with Gasteiger partial charge in [-0.15, -0.1) is 5.10 Å². The van der Waals surface area contributed by atoms with Crippen LogP contribution in [-0.4, -0.2) is 27.1 Å². The van der Waals surface area contributed by atoms with Gasteiger partial charge in [0.05, 0.1) is 17.6 Å². The van der Waals surface area contributed by atoms with E-state index in [1.807, 2.05) is 44.4 Å². The molecule has 0 aliphatic heterocycles. The second kappa shape index (κ2) is 6.29. The Balaban J connectivity index is 2.14. The number of anilines is 1. The predicted molar refractivity (Wildman–Crippen MR) is 78.6 cm³/mol. The van der Waals surface area contributed by atoms with Gasteiger partial charge in [0, 0.05) is 0 Å². The first-order chi connectivity index (χ1) is 9.19. The molecule has 0 aliphatic rings. The van der Waals surface area contributed by atoms with E-state index in [-0.39, 0.29) is 0 Å². The van der Waals surface area contributed by atoms with E-state index in [1.54, 1.807) is 6.20 Å².